The maximum Gasteiger partial charge on any atom is 0.473 e. The molecule has 0 saturated carbocycles. The number of carbonyl (C=O) groups excluding carboxylic acids is 15. The van der Waals surface area contributed by atoms with Crippen molar-refractivity contribution in [3.63, 3.8) is 0 Å². The predicted octanol–water partition coefficient (Wildman–Crippen LogP) is 1.47. The minimum atomic E-state index is -4.99. The van der Waals surface area contributed by atoms with Crippen LogP contribution in [0, 0.1) is 35.5 Å². The highest BCUT2D eigenvalue weighted by molar-refractivity contribution is 7.51. The summed E-state index contributed by atoms with van der Waals surface area (Å²) in [6.07, 6.45) is -5.03. The van der Waals surface area contributed by atoms with Gasteiger partial charge in [-0.25, -0.2) is 9.36 Å². The molecule has 2 aromatic carbocycles. The number of nitrogens with zero attached hydrogens (tertiary/aromatic N) is 4. The summed E-state index contributed by atoms with van der Waals surface area (Å²) in [5, 5.41) is 35.5. The maximum absolute atomic E-state index is 14.7. The first kappa shape index (κ1) is 118. The van der Waals surface area contributed by atoms with Gasteiger partial charge in [0.1, 0.15) is 48.4 Å². The fourth-order valence-corrected chi connectivity index (χ4v) is 17.4. The van der Waals surface area contributed by atoms with E-state index in [9.17, 15) is 95.8 Å². The Balaban J connectivity index is 1.11. The van der Waals surface area contributed by atoms with Crippen LogP contribution >= 0.6 is 15.4 Å². The molecule has 0 spiro atoms. The van der Waals surface area contributed by atoms with Crippen molar-refractivity contribution in [2.45, 2.75) is 245 Å². The summed E-state index contributed by atoms with van der Waals surface area (Å²) < 4.78 is 75.6. The molecule has 45 nitrogen and oxygen atoms in total. The van der Waals surface area contributed by atoms with E-state index in [1.165, 1.54) is 52.3 Å². The smallest absolute Gasteiger partial charge is 0.473 e. The molecular formula is C90H144N14O31P2. The molecule has 47 heteroatoms. The third-order valence-corrected chi connectivity index (χ3v) is 25.4. The van der Waals surface area contributed by atoms with Crippen LogP contribution in [0.1, 0.15) is 171 Å². The van der Waals surface area contributed by atoms with Gasteiger partial charge in [-0.2, -0.15) is 0 Å². The fraction of sp³-hybridized carbons (Fsp3) is 0.689. The van der Waals surface area contributed by atoms with Crippen molar-refractivity contribution < 1.29 is 148 Å². The van der Waals surface area contributed by atoms with E-state index >= 15 is 0 Å². The molecule has 2 unspecified atom stereocenters. The number of benzene rings is 2. The van der Waals surface area contributed by atoms with Gasteiger partial charge in [-0.1, -0.05) is 118 Å². The Morgan fingerprint density at radius 3 is 1.77 bits per heavy atom. The minimum absolute atomic E-state index is 0.000809. The van der Waals surface area contributed by atoms with E-state index < -0.39 is 240 Å². The van der Waals surface area contributed by atoms with Crippen LogP contribution in [0.3, 0.4) is 0 Å². The van der Waals surface area contributed by atoms with Gasteiger partial charge in [0.2, 0.25) is 82.7 Å². The number of cyclic esters (lactones) is 1. The number of anilines is 1. The number of phosphoric acid groups is 1. The van der Waals surface area contributed by atoms with Gasteiger partial charge in [0.15, 0.2) is 0 Å². The van der Waals surface area contributed by atoms with Crippen molar-refractivity contribution in [3.05, 3.63) is 65.7 Å². The lowest BCUT2D eigenvalue weighted by atomic mass is 9.89. The van der Waals surface area contributed by atoms with Crippen molar-refractivity contribution in [1.82, 2.24) is 67.5 Å². The highest BCUT2D eigenvalue weighted by Gasteiger charge is 2.47. The number of hydrogen-bond donors (Lipinski definition) is 14. The number of phosphoric ester groups is 1. The molecule has 2 aromatic rings. The van der Waals surface area contributed by atoms with Crippen LogP contribution in [0.15, 0.2) is 54.6 Å². The lowest BCUT2D eigenvalue weighted by Gasteiger charge is -2.41. The molecule has 14 N–H and O–H groups in total. The number of amides is 14. The molecule has 3 saturated heterocycles. The Labute approximate surface area is 799 Å². The Morgan fingerprint density at radius 2 is 1.22 bits per heavy atom. The lowest BCUT2D eigenvalue weighted by Crippen LogP contribution is -2.59. The van der Waals surface area contributed by atoms with Gasteiger partial charge in [-0.3, -0.25) is 95.3 Å². The number of carboxylic acids is 1. The third kappa shape index (κ3) is 39.0. The highest BCUT2D eigenvalue weighted by atomic mass is 31.2. The topological polar surface area (TPSA) is 605 Å². The van der Waals surface area contributed by atoms with Gasteiger partial charge >= 0.3 is 27.4 Å². The van der Waals surface area contributed by atoms with E-state index in [1.807, 2.05) is 60.5 Å². The summed E-state index contributed by atoms with van der Waals surface area (Å²) in [4.78, 5) is 250. The number of ether oxygens (including phenoxy) is 7. The molecule has 3 aliphatic heterocycles. The van der Waals surface area contributed by atoms with Gasteiger partial charge in [0.05, 0.1) is 127 Å². The second-order valence-corrected chi connectivity index (χ2v) is 38.8. The van der Waals surface area contributed by atoms with Crippen LogP contribution in [0.4, 0.5) is 5.69 Å². The predicted molar refractivity (Wildman–Crippen MR) is 495 cm³/mol. The average Bonchev–Trinajstić information content (AvgIpc) is 1.65. The molecule has 18 atom stereocenters. The number of likely N-dealkylation sites (tertiary alicyclic amines) is 2. The average molecular weight is 1980 g/mol. The maximum atomic E-state index is 14.7. The Morgan fingerprint density at radius 1 is 0.613 bits per heavy atom. The molecule has 3 aliphatic rings. The van der Waals surface area contributed by atoms with E-state index in [0.29, 0.717) is 36.9 Å². The van der Waals surface area contributed by atoms with Crippen LogP contribution < -0.4 is 53.2 Å². The molecule has 0 bridgehead atoms. The summed E-state index contributed by atoms with van der Waals surface area (Å²) in [6, 6.07) is 2.06. The number of carbonyl (C=O) groups is 16. The molecular weight excluding hydrogens is 1840 g/mol. The molecule has 0 aliphatic carbocycles. The Hall–Kier alpha value is -9.86. The zero-order valence-electron chi connectivity index (χ0n) is 81.4. The number of rotatable bonds is 63. The fourth-order valence-electron chi connectivity index (χ4n) is 16.0. The third-order valence-electron chi connectivity index (χ3n) is 23.6. The number of nitrogens with one attached hydrogen (secondary N) is 10. The van der Waals surface area contributed by atoms with Crippen LogP contribution in [0.2, 0.25) is 0 Å². The second kappa shape index (κ2) is 58.3. The summed E-state index contributed by atoms with van der Waals surface area (Å²) in [7, 11) is -1.24. The quantitative estimate of drug-likeness (QED) is 0.0193. The molecule has 14 amide bonds. The van der Waals surface area contributed by atoms with Crippen LogP contribution in [-0.2, 0) is 135 Å². The molecule has 770 valence electrons. The molecule has 0 radical (unpaired) electrons. The van der Waals surface area contributed by atoms with E-state index in [1.54, 1.807) is 74.9 Å². The molecule has 3 fully saturated rings. The normalized spacial score (nSPS) is 18.6. The van der Waals surface area contributed by atoms with Crippen molar-refractivity contribution in [2.75, 3.05) is 126 Å². The number of aliphatic carboxylic acids is 1. The monoisotopic (exact) mass is 1980 g/mol. The largest absolute Gasteiger partial charge is 0.481 e. The summed E-state index contributed by atoms with van der Waals surface area (Å²) in [5.41, 5.74) is 0.948. The van der Waals surface area contributed by atoms with Gasteiger partial charge in [0.25, 0.3) is 0 Å². The Kier molecular flexibility index (Phi) is 50.0. The number of carboxylic acid groups (broad SMARTS) is 1. The zero-order chi connectivity index (χ0) is 102. The van der Waals surface area contributed by atoms with E-state index in [2.05, 4.69) is 53.2 Å². The second-order valence-electron chi connectivity index (χ2n) is 35.6. The summed E-state index contributed by atoms with van der Waals surface area (Å²) >= 11 is 0. The standard InChI is InChI=1S/C90H144N14O31P2/c1-18-55(8)78(102(15)89(120)76(53(4)5)100-87(118)77(54(6)7)101(13)14)68(127-16)49-72(108)103-36-22-25-66(103)79(128-17)57(10)81(112)93-58(11)80(61-23-20-19-21-24-61)135-137(125,126)134-51-60-26-28-62(29-27-60)95-82(113)59(12)94-86(117)75(52(2)3)99-83(114)63(30-31-74(110)111)98-84(115)65(48-71(107)96-64-32-38-133-90(64)121)97-70(106)33-37-129-40-42-131-44-45-132-43-41-130-39-35-91-85(116)67(104-73(109)47-56(9)88(104)119)50-92-69(105)34-46-136(122,123)124/h19-21,23-24,26-29,52-59,63-68,75-80H,18,22,25,30-51H2,1-17H3,(H,91,116)(H,92,105)(H,93,112)(H,94,117)(H,95,113)(H,96,107)(H,97,106)(H,98,115)(H,99,114)(H,100,118)(H,110,111)(H,125,126)(H2,122,123,124)/t55-,56?,57+,58+,59-,63-,64-,65-,66-,67-,68+,75-,76-,77-,78-,79+,80+/m0/s1. The first-order valence-corrected chi connectivity index (χ1v) is 49.5. The van der Waals surface area contributed by atoms with Crippen molar-refractivity contribution in [3.8, 4) is 0 Å². The lowest BCUT2D eigenvalue weighted by molar-refractivity contribution is -0.148. The number of likely N-dealkylation sites (N-methyl/N-ethyl adjacent to an activating group) is 2. The first-order chi connectivity index (χ1) is 64.5. The highest BCUT2D eigenvalue weighted by Crippen LogP contribution is 2.50. The van der Waals surface area contributed by atoms with Crippen molar-refractivity contribution in [2.24, 2.45) is 35.5 Å². The zero-order valence-corrected chi connectivity index (χ0v) is 83.2. The van der Waals surface area contributed by atoms with Crippen molar-refractivity contribution in [1.29, 1.82) is 0 Å². The summed E-state index contributed by atoms with van der Waals surface area (Å²) in [6.45, 7) is 20.3. The molecule has 137 heavy (non-hydrogen) atoms. The van der Waals surface area contributed by atoms with Crippen LogP contribution in [0.5, 0.6) is 0 Å². The number of imide groups is 1. The number of hydrogen-bond acceptors (Lipinski definition) is 28. The Bertz CT molecular complexity index is 4430. The van der Waals surface area contributed by atoms with E-state index in [-0.39, 0.29) is 133 Å². The van der Waals surface area contributed by atoms with Crippen molar-refractivity contribution >= 4 is 116 Å². The van der Waals surface area contributed by atoms with Crippen LogP contribution in [-0.4, -0.2) is 333 Å². The van der Waals surface area contributed by atoms with Gasteiger partial charge < -0.3 is 116 Å². The number of esters is 1. The molecule has 0 aromatic heterocycles. The molecule has 5 rings (SSSR count). The molecule has 3 heterocycles. The van der Waals surface area contributed by atoms with Gasteiger partial charge in [0, 0.05) is 84.6 Å². The van der Waals surface area contributed by atoms with Gasteiger partial charge in [-0.05, 0) is 94.1 Å². The van der Waals surface area contributed by atoms with E-state index in [4.69, 9.17) is 52.0 Å². The van der Waals surface area contributed by atoms with Crippen LogP contribution in [0.25, 0.3) is 0 Å². The first-order valence-electron chi connectivity index (χ1n) is 46.2. The minimum Gasteiger partial charge on any atom is -0.481 e. The summed E-state index contributed by atoms with van der Waals surface area (Å²) in [5.74, 6) is -14.6. The van der Waals surface area contributed by atoms with Gasteiger partial charge in [-0.15, -0.1) is 0 Å². The SMILES string of the molecule is CC[C@H](C)[C@@H]([C@@H](CC(=O)N1CCC[C@H]1[C@H](OC)[C@@H](C)C(=O)N[C@H](C)[C@@H](OP(=O)(O)OCc1ccc(NC(=O)[C@H](C)NC(=O)[C@@H](NC(=O)[C@H](CCC(=O)O)NC(=O)[C@H](CC(=O)N[C@H]2CCOC2=O)NC(=O)CCOCCOCCOCCOCCNC(=O)[C@H](CNC(=O)CCP(=O)(O)O)N2C(=O)CC(C)C2=O)C(C)C)cc1)c1ccccc1)OC)N(C)C(=O)[C@@H](NC(=O)[C@H](C(C)C)N(C)C)C(C)C. The number of methoxy groups -OCH3 is 2. The van der Waals surface area contributed by atoms with E-state index in [0.717, 1.165) is 4.90 Å².